The molecule has 288 valence electrons. The summed E-state index contributed by atoms with van der Waals surface area (Å²) in [6.45, 7) is 0. The zero-order valence-corrected chi connectivity index (χ0v) is 33.3. The van der Waals surface area contributed by atoms with Crippen molar-refractivity contribution < 1.29 is 4.42 Å². The molecule has 62 heavy (non-hydrogen) atoms. The molecule has 0 saturated carbocycles. The van der Waals surface area contributed by atoms with Crippen LogP contribution in [0, 0.1) is 0 Å². The van der Waals surface area contributed by atoms with E-state index in [0.29, 0.717) is 17.5 Å². The van der Waals surface area contributed by atoms with Gasteiger partial charge in [-0.3, -0.25) is 0 Å². The molecule has 0 fully saturated rings. The van der Waals surface area contributed by atoms with E-state index < -0.39 is 0 Å². The average molecular weight is 791 g/mol. The zero-order chi connectivity index (χ0) is 40.7. The van der Waals surface area contributed by atoms with Gasteiger partial charge in [-0.15, -0.1) is 0 Å². The van der Waals surface area contributed by atoms with E-state index in [4.69, 9.17) is 19.4 Å². The van der Waals surface area contributed by atoms with Gasteiger partial charge >= 0.3 is 0 Å². The van der Waals surface area contributed by atoms with Gasteiger partial charge < -0.3 is 8.98 Å². The summed E-state index contributed by atoms with van der Waals surface area (Å²) >= 11 is 0. The molecular weight excluding hydrogens is 757 g/mol. The molecule has 5 heteroatoms. The first-order chi connectivity index (χ1) is 30.7. The Morgan fingerprint density at radius 2 is 0.855 bits per heavy atom. The minimum absolute atomic E-state index is 0.603. The molecule has 3 heterocycles. The Labute approximate surface area is 355 Å². The van der Waals surface area contributed by atoms with Crippen molar-refractivity contribution in [2.75, 3.05) is 0 Å². The van der Waals surface area contributed by atoms with Crippen LogP contribution in [-0.4, -0.2) is 19.5 Å². The topological polar surface area (TPSA) is 56.7 Å². The lowest BCUT2D eigenvalue weighted by Gasteiger charge is -2.11. The Morgan fingerprint density at radius 3 is 1.65 bits per heavy atom. The highest BCUT2D eigenvalue weighted by atomic mass is 16.3. The van der Waals surface area contributed by atoms with E-state index in [1.54, 1.807) is 0 Å². The molecule has 0 aliphatic rings. The molecule has 0 N–H and O–H groups in total. The highest BCUT2D eigenvalue weighted by Crippen LogP contribution is 2.38. The highest BCUT2D eigenvalue weighted by molar-refractivity contribution is 6.14. The summed E-state index contributed by atoms with van der Waals surface area (Å²) in [6, 6.07) is 73.0. The number of furan rings is 1. The largest absolute Gasteiger partial charge is 0.456 e. The second kappa shape index (κ2) is 13.6. The van der Waals surface area contributed by atoms with Crippen LogP contribution in [0.15, 0.2) is 211 Å². The van der Waals surface area contributed by atoms with E-state index in [1.165, 1.54) is 38.2 Å². The van der Waals surface area contributed by atoms with Crippen molar-refractivity contribution in [3.63, 3.8) is 0 Å². The summed E-state index contributed by atoms with van der Waals surface area (Å²) in [4.78, 5) is 15.6. The van der Waals surface area contributed by atoms with E-state index in [9.17, 15) is 0 Å². The quantitative estimate of drug-likeness (QED) is 0.174. The van der Waals surface area contributed by atoms with E-state index in [-0.39, 0.29) is 0 Å². The first-order valence-corrected chi connectivity index (χ1v) is 20.9. The second-order valence-electron chi connectivity index (χ2n) is 16.1. The van der Waals surface area contributed by atoms with Gasteiger partial charge in [0.1, 0.15) is 11.2 Å². The number of hydrogen-bond donors (Lipinski definition) is 0. The molecule has 0 aliphatic heterocycles. The van der Waals surface area contributed by atoms with Crippen molar-refractivity contribution in [2.24, 2.45) is 0 Å². The smallest absolute Gasteiger partial charge is 0.164 e. The lowest BCUT2D eigenvalue weighted by atomic mass is 10.0. The molecule has 0 radical (unpaired) electrons. The number of fused-ring (bicyclic) bond motifs is 9. The zero-order valence-electron chi connectivity index (χ0n) is 33.3. The van der Waals surface area contributed by atoms with Gasteiger partial charge in [-0.1, -0.05) is 133 Å². The van der Waals surface area contributed by atoms with Crippen molar-refractivity contribution in [3.8, 4) is 51.0 Å². The first kappa shape index (κ1) is 34.5. The van der Waals surface area contributed by atoms with E-state index in [0.717, 1.165) is 71.4 Å². The molecular formula is C57H34N4O. The minimum atomic E-state index is 0.603. The SMILES string of the molecule is c1ccc(-c2cccc(-n3c4ccccc4c4cc5cc(-c6nc(-c7ccc8ccccc8c7)nc(-c7ccc8oc9cc%10ccccc%10cc9c8c7)n6)ccc5cc43)c2)cc1. The van der Waals surface area contributed by atoms with Crippen LogP contribution in [0.5, 0.6) is 0 Å². The Kier molecular flexibility index (Phi) is 7.54. The molecule has 10 aromatic carbocycles. The summed E-state index contributed by atoms with van der Waals surface area (Å²) < 4.78 is 8.76. The number of benzene rings is 10. The van der Waals surface area contributed by atoms with Crippen molar-refractivity contribution in [1.29, 1.82) is 0 Å². The lowest BCUT2D eigenvalue weighted by molar-refractivity contribution is 0.669. The number of nitrogens with zero attached hydrogens (tertiary/aromatic N) is 4. The molecule has 13 aromatic rings. The van der Waals surface area contributed by atoms with Gasteiger partial charge in [0.05, 0.1) is 11.0 Å². The second-order valence-corrected chi connectivity index (χ2v) is 16.1. The molecule has 0 unspecified atom stereocenters. The van der Waals surface area contributed by atoms with Crippen LogP contribution in [0.25, 0.3) is 127 Å². The lowest BCUT2D eigenvalue weighted by Crippen LogP contribution is -2.00. The molecule has 0 bridgehead atoms. The Morgan fingerprint density at radius 1 is 0.290 bits per heavy atom. The third-order valence-electron chi connectivity index (χ3n) is 12.3. The standard InChI is InChI=1S/C57H34N4O/c1-2-11-35(12-3-1)38-17-10-18-46(29-38)61-51-20-9-8-19-47(51)48-32-45-28-43(24-22-41(45)33-52(48)61)56-58-55(42-23-21-36-13-4-5-14-37(36)27-42)59-57(60-56)44-25-26-53-49(31-44)50-30-39-15-6-7-16-40(39)34-54(50)62-53/h1-34H. The Balaban J connectivity index is 0.981. The van der Waals surface area contributed by atoms with Crippen molar-refractivity contribution >= 4 is 76.1 Å². The molecule has 3 aromatic heterocycles. The molecule has 0 aliphatic carbocycles. The monoisotopic (exact) mass is 790 g/mol. The maximum absolute atomic E-state index is 6.37. The van der Waals surface area contributed by atoms with E-state index >= 15 is 0 Å². The van der Waals surface area contributed by atoms with Crippen LogP contribution in [0.1, 0.15) is 0 Å². The van der Waals surface area contributed by atoms with Crippen molar-refractivity contribution in [1.82, 2.24) is 19.5 Å². The molecule has 0 saturated heterocycles. The van der Waals surface area contributed by atoms with Gasteiger partial charge in [-0.2, -0.15) is 0 Å². The fraction of sp³-hybridized carbons (Fsp3) is 0. The molecule has 0 amide bonds. The molecule has 13 rings (SSSR count). The van der Waals surface area contributed by atoms with Gasteiger partial charge in [0.2, 0.25) is 0 Å². The Hall–Kier alpha value is -8.41. The number of rotatable bonds is 5. The predicted molar refractivity (Wildman–Crippen MR) is 256 cm³/mol. The van der Waals surface area contributed by atoms with E-state index in [2.05, 4.69) is 205 Å². The van der Waals surface area contributed by atoms with Gasteiger partial charge in [-0.25, -0.2) is 15.0 Å². The number of hydrogen-bond acceptors (Lipinski definition) is 4. The first-order valence-electron chi connectivity index (χ1n) is 20.9. The fourth-order valence-corrected chi connectivity index (χ4v) is 9.28. The van der Waals surface area contributed by atoms with Crippen LogP contribution in [-0.2, 0) is 0 Å². The van der Waals surface area contributed by atoms with E-state index in [1.807, 2.05) is 6.07 Å². The third kappa shape index (κ3) is 5.60. The Bertz CT molecular complexity index is 3940. The maximum Gasteiger partial charge on any atom is 0.164 e. The van der Waals surface area contributed by atoms with Gasteiger partial charge in [0.15, 0.2) is 17.5 Å². The van der Waals surface area contributed by atoms with Crippen LogP contribution in [0.4, 0.5) is 0 Å². The highest BCUT2D eigenvalue weighted by Gasteiger charge is 2.18. The minimum Gasteiger partial charge on any atom is -0.456 e. The third-order valence-corrected chi connectivity index (χ3v) is 12.3. The van der Waals surface area contributed by atoms with Gasteiger partial charge in [0.25, 0.3) is 0 Å². The predicted octanol–water partition coefficient (Wildman–Crippen LogP) is 15.0. The van der Waals surface area contributed by atoms with Crippen LogP contribution >= 0.6 is 0 Å². The van der Waals surface area contributed by atoms with Crippen molar-refractivity contribution in [2.45, 2.75) is 0 Å². The van der Waals surface area contributed by atoms with Gasteiger partial charge in [-0.05, 0) is 116 Å². The summed E-state index contributed by atoms with van der Waals surface area (Å²) in [5.74, 6) is 1.84. The molecule has 5 nitrogen and oxygen atoms in total. The van der Waals surface area contributed by atoms with Gasteiger partial charge in [0, 0.05) is 43.9 Å². The number of para-hydroxylation sites is 1. The molecule has 0 spiro atoms. The molecule has 0 atom stereocenters. The average Bonchev–Trinajstić information content (AvgIpc) is 3.86. The summed E-state index contributed by atoms with van der Waals surface area (Å²) in [5.41, 5.74) is 10.3. The summed E-state index contributed by atoms with van der Waals surface area (Å²) in [7, 11) is 0. The van der Waals surface area contributed by atoms with Crippen molar-refractivity contribution in [3.05, 3.63) is 206 Å². The summed E-state index contributed by atoms with van der Waals surface area (Å²) in [5, 5.41) is 11.4. The van der Waals surface area contributed by atoms with Crippen LogP contribution in [0.3, 0.4) is 0 Å². The summed E-state index contributed by atoms with van der Waals surface area (Å²) in [6.07, 6.45) is 0. The fourth-order valence-electron chi connectivity index (χ4n) is 9.28. The van der Waals surface area contributed by atoms with Crippen LogP contribution < -0.4 is 0 Å². The van der Waals surface area contributed by atoms with Crippen LogP contribution in [0.2, 0.25) is 0 Å². The normalized spacial score (nSPS) is 11.9. The number of aromatic nitrogens is 4. The maximum atomic E-state index is 6.37.